The second-order valence-electron chi connectivity index (χ2n) is 3.87. The number of methoxy groups -OCH3 is 1. The van der Waals surface area contributed by atoms with Crippen LogP contribution in [0.3, 0.4) is 0 Å². The maximum atomic E-state index is 5.67. The first-order valence-electron chi connectivity index (χ1n) is 5.37. The Morgan fingerprint density at radius 3 is 2.29 bits per heavy atom. The van der Waals surface area contributed by atoms with Crippen molar-refractivity contribution in [1.29, 1.82) is 0 Å². The van der Waals surface area contributed by atoms with Crippen LogP contribution < -0.4 is 10.5 Å². The van der Waals surface area contributed by atoms with Gasteiger partial charge in [-0.1, -0.05) is 0 Å². The molecule has 1 heterocycles. The molecule has 0 radical (unpaired) electrons. The van der Waals surface area contributed by atoms with E-state index in [0.717, 1.165) is 28.3 Å². The normalized spacial score (nSPS) is 10.3. The molecule has 17 heavy (non-hydrogen) atoms. The Labute approximate surface area is 100 Å². The lowest BCUT2D eigenvalue weighted by Gasteiger charge is -2.09. The van der Waals surface area contributed by atoms with E-state index in [4.69, 9.17) is 10.5 Å². The summed E-state index contributed by atoms with van der Waals surface area (Å²) in [6.07, 6.45) is 0. The number of nitrogen functional groups attached to an aromatic ring is 1. The molecular weight excluding hydrogens is 214 g/mol. The van der Waals surface area contributed by atoms with Gasteiger partial charge in [-0.3, -0.25) is 0 Å². The molecule has 2 rings (SSSR count). The minimum atomic E-state index is 0.305. The SMILES string of the molecule is COc1ccc(-c2nc(N)nc(C)c2C)cc1. The lowest BCUT2D eigenvalue weighted by molar-refractivity contribution is 0.415. The van der Waals surface area contributed by atoms with Gasteiger partial charge in [0.25, 0.3) is 0 Å². The maximum Gasteiger partial charge on any atom is 0.220 e. The number of aromatic nitrogens is 2. The molecule has 1 aromatic carbocycles. The number of hydrogen-bond acceptors (Lipinski definition) is 4. The van der Waals surface area contributed by atoms with E-state index in [2.05, 4.69) is 9.97 Å². The van der Waals surface area contributed by atoms with Gasteiger partial charge in [-0.15, -0.1) is 0 Å². The minimum Gasteiger partial charge on any atom is -0.497 e. The molecule has 4 nitrogen and oxygen atoms in total. The van der Waals surface area contributed by atoms with Gasteiger partial charge in [0.2, 0.25) is 5.95 Å². The van der Waals surface area contributed by atoms with Gasteiger partial charge in [0.1, 0.15) is 5.75 Å². The molecule has 2 N–H and O–H groups in total. The summed E-state index contributed by atoms with van der Waals surface area (Å²) in [7, 11) is 1.65. The van der Waals surface area contributed by atoms with E-state index < -0.39 is 0 Å². The zero-order chi connectivity index (χ0) is 12.4. The number of hydrogen-bond donors (Lipinski definition) is 1. The van der Waals surface area contributed by atoms with Gasteiger partial charge in [-0.05, 0) is 43.7 Å². The second kappa shape index (κ2) is 4.41. The molecule has 1 aromatic heterocycles. The first-order chi connectivity index (χ1) is 8.11. The maximum absolute atomic E-state index is 5.67. The van der Waals surface area contributed by atoms with E-state index in [0.29, 0.717) is 5.95 Å². The zero-order valence-electron chi connectivity index (χ0n) is 10.2. The fourth-order valence-corrected chi connectivity index (χ4v) is 1.68. The smallest absolute Gasteiger partial charge is 0.220 e. The Bertz CT molecular complexity index is 535. The number of ether oxygens (including phenoxy) is 1. The van der Waals surface area contributed by atoms with Crippen LogP contribution in [0.15, 0.2) is 24.3 Å². The lowest BCUT2D eigenvalue weighted by atomic mass is 10.1. The topological polar surface area (TPSA) is 61.0 Å². The van der Waals surface area contributed by atoms with Crippen molar-refractivity contribution in [3.8, 4) is 17.0 Å². The number of nitrogens with zero attached hydrogens (tertiary/aromatic N) is 2. The third-order valence-corrected chi connectivity index (χ3v) is 2.77. The van der Waals surface area contributed by atoms with Crippen molar-refractivity contribution in [2.45, 2.75) is 13.8 Å². The van der Waals surface area contributed by atoms with Crippen molar-refractivity contribution < 1.29 is 4.74 Å². The summed E-state index contributed by atoms with van der Waals surface area (Å²) in [5.74, 6) is 1.13. The van der Waals surface area contributed by atoms with Gasteiger partial charge in [0, 0.05) is 11.3 Å². The molecule has 0 bridgehead atoms. The Hall–Kier alpha value is -2.10. The summed E-state index contributed by atoms with van der Waals surface area (Å²) in [6.45, 7) is 3.93. The minimum absolute atomic E-state index is 0.305. The molecule has 0 saturated carbocycles. The highest BCUT2D eigenvalue weighted by molar-refractivity contribution is 5.65. The molecule has 4 heteroatoms. The van der Waals surface area contributed by atoms with Crippen molar-refractivity contribution >= 4 is 5.95 Å². The van der Waals surface area contributed by atoms with E-state index in [1.807, 2.05) is 38.1 Å². The predicted octanol–water partition coefficient (Wildman–Crippen LogP) is 2.35. The lowest BCUT2D eigenvalue weighted by Crippen LogP contribution is -2.01. The Kier molecular flexibility index (Phi) is 2.95. The molecule has 0 amide bonds. The van der Waals surface area contributed by atoms with Gasteiger partial charge in [0.15, 0.2) is 0 Å². The van der Waals surface area contributed by atoms with E-state index in [1.165, 1.54) is 0 Å². The highest BCUT2D eigenvalue weighted by Gasteiger charge is 2.08. The van der Waals surface area contributed by atoms with E-state index in [9.17, 15) is 0 Å². The fourth-order valence-electron chi connectivity index (χ4n) is 1.68. The highest BCUT2D eigenvalue weighted by Crippen LogP contribution is 2.25. The summed E-state index contributed by atoms with van der Waals surface area (Å²) < 4.78 is 5.13. The van der Waals surface area contributed by atoms with E-state index in [-0.39, 0.29) is 0 Å². The molecule has 88 valence electrons. The predicted molar refractivity (Wildman–Crippen MR) is 67.9 cm³/mol. The number of benzene rings is 1. The number of anilines is 1. The molecular formula is C13H15N3O. The first kappa shape index (κ1) is 11.4. The van der Waals surface area contributed by atoms with Crippen LogP contribution in [0.25, 0.3) is 11.3 Å². The molecule has 0 fully saturated rings. The average Bonchev–Trinajstić information content (AvgIpc) is 2.34. The summed E-state index contributed by atoms with van der Waals surface area (Å²) in [5, 5.41) is 0. The summed E-state index contributed by atoms with van der Waals surface area (Å²) in [6, 6.07) is 7.74. The number of rotatable bonds is 2. The van der Waals surface area contributed by atoms with Crippen molar-refractivity contribution in [1.82, 2.24) is 9.97 Å². The van der Waals surface area contributed by atoms with E-state index >= 15 is 0 Å². The first-order valence-corrected chi connectivity index (χ1v) is 5.37. The summed E-state index contributed by atoms with van der Waals surface area (Å²) >= 11 is 0. The molecule has 0 aliphatic rings. The van der Waals surface area contributed by atoms with Crippen molar-refractivity contribution in [3.05, 3.63) is 35.5 Å². The summed E-state index contributed by atoms with van der Waals surface area (Å²) in [5.41, 5.74) is 9.51. The Morgan fingerprint density at radius 1 is 1.06 bits per heavy atom. The molecule has 0 atom stereocenters. The molecule has 0 aliphatic carbocycles. The van der Waals surface area contributed by atoms with Crippen molar-refractivity contribution in [2.75, 3.05) is 12.8 Å². The Morgan fingerprint density at radius 2 is 1.71 bits per heavy atom. The van der Waals surface area contributed by atoms with Crippen LogP contribution in [-0.2, 0) is 0 Å². The van der Waals surface area contributed by atoms with Crippen LogP contribution >= 0.6 is 0 Å². The fraction of sp³-hybridized carbons (Fsp3) is 0.231. The molecule has 0 saturated heterocycles. The second-order valence-corrected chi connectivity index (χ2v) is 3.87. The quantitative estimate of drug-likeness (QED) is 0.858. The number of nitrogens with two attached hydrogens (primary N) is 1. The third kappa shape index (κ3) is 2.20. The summed E-state index contributed by atoms with van der Waals surface area (Å²) in [4.78, 5) is 8.42. The standard InChI is InChI=1S/C13H15N3O/c1-8-9(2)15-13(14)16-12(8)10-4-6-11(17-3)7-5-10/h4-7H,1-3H3,(H2,14,15,16). The molecule has 0 spiro atoms. The van der Waals surface area contributed by atoms with Crippen LogP contribution in [-0.4, -0.2) is 17.1 Å². The Balaban J connectivity index is 2.52. The zero-order valence-corrected chi connectivity index (χ0v) is 10.2. The average molecular weight is 229 g/mol. The van der Waals surface area contributed by atoms with Crippen LogP contribution in [0, 0.1) is 13.8 Å². The van der Waals surface area contributed by atoms with Crippen molar-refractivity contribution in [2.24, 2.45) is 0 Å². The molecule has 0 unspecified atom stereocenters. The van der Waals surface area contributed by atoms with Gasteiger partial charge < -0.3 is 10.5 Å². The van der Waals surface area contributed by atoms with Crippen LogP contribution in [0.5, 0.6) is 5.75 Å². The monoisotopic (exact) mass is 229 g/mol. The van der Waals surface area contributed by atoms with Gasteiger partial charge in [0.05, 0.1) is 12.8 Å². The number of aryl methyl sites for hydroxylation is 1. The largest absolute Gasteiger partial charge is 0.497 e. The van der Waals surface area contributed by atoms with Gasteiger partial charge in [-0.25, -0.2) is 9.97 Å². The van der Waals surface area contributed by atoms with Crippen LogP contribution in [0.2, 0.25) is 0 Å². The van der Waals surface area contributed by atoms with Gasteiger partial charge >= 0.3 is 0 Å². The molecule has 2 aromatic rings. The molecule has 0 aliphatic heterocycles. The van der Waals surface area contributed by atoms with Crippen molar-refractivity contribution in [3.63, 3.8) is 0 Å². The third-order valence-electron chi connectivity index (χ3n) is 2.77. The van der Waals surface area contributed by atoms with Crippen LogP contribution in [0.4, 0.5) is 5.95 Å². The highest BCUT2D eigenvalue weighted by atomic mass is 16.5. The van der Waals surface area contributed by atoms with Gasteiger partial charge in [-0.2, -0.15) is 0 Å². The van der Waals surface area contributed by atoms with Crippen LogP contribution in [0.1, 0.15) is 11.3 Å². The van der Waals surface area contributed by atoms with E-state index in [1.54, 1.807) is 7.11 Å².